The lowest BCUT2D eigenvalue weighted by atomic mass is 10.1. The molecule has 9 heteroatoms. The van der Waals surface area contributed by atoms with E-state index in [0.29, 0.717) is 22.9 Å². The summed E-state index contributed by atoms with van der Waals surface area (Å²) < 4.78 is 25.6. The van der Waals surface area contributed by atoms with Crippen LogP contribution in [0.15, 0.2) is 49.8 Å². The highest BCUT2D eigenvalue weighted by molar-refractivity contribution is 7.83. The highest BCUT2D eigenvalue weighted by Crippen LogP contribution is 2.21. The number of nitrogens with one attached hydrogen (secondary N) is 2. The highest BCUT2D eigenvalue weighted by atomic mass is 32.2. The molecule has 0 fully saturated rings. The third kappa shape index (κ3) is 4.48. The molecule has 1 unspecified atom stereocenters. The fourth-order valence-electron chi connectivity index (χ4n) is 2.74. The number of carbonyl (C=O) groups excluding carboxylic acids is 1. The number of benzene rings is 1. The van der Waals surface area contributed by atoms with Gasteiger partial charge in [0.25, 0.3) is 17.1 Å². The van der Waals surface area contributed by atoms with Crippen molar-refractivity contribution in [3.05, 3.63) is 53.5 Å². The zero-order valence-electron chi connectivity index (χ0n) is 16.2. The predicted octanol–water partition coefficient (Wildman–Crippen LogP) is 2.83. The SMILES string of the molecule is CC[C@@H](NC1=NS(=O)N=C1Nc1cccc(C(=O)N(C)C)c1)c1cc(C)co1. The smallest absolute Gasteiger partial charge is 0.269 e. The lowest BCUT2D eigenvalue weighted by molar-refractivity contribution is 0.0827. The van der Waals surface area contributed by atoms with Gasteiger partial charge in [0.1, 0.15) is 5.76 Å². The molecule has 0 aliphatic carbocycles. The molecule has 2 atom stereocenters. The number of anilines is 1. The molecule has 1 amide bonds. The molecular formula is C19H23N5O3S. The molecule has 0 saturated carbocycles. The second-order valence-electron chi connectivity index (χ2n) is 6.65. The van der Waals surface area contributed by atoms with E-state index in [1.54, 1.807) is 44.6 Å². The first-order valence-corrected chi connectivity index (χ1v) is 9.93. The van der Waals surface area contributed by atoms with Gasteiger partial charge in [0, 0.05) is 25.3 Å². The largest absolute Gasteiger partial charge is 0.467 e. The Morgan fingerprint density at radius 3 is 2.64 bits per heavy atom. The van der Waals surface area contributed by atoms with Crippen molar-refractivity contribution in [3.8, 4) is 0 Å². The van der Waals surface area contributed by atoms with E-state index < -0.39 is 11.2 Å². The molecule has 2 aromatic rings. The topological polar surface area (TPSA) is 99.3 Å². The van der Waals surface area contributed by atoms with Gasteiger partial charge >= 0.3 is 0 Å². The molecule has 148 valence electrons. The first-order valence-electron chi connectivity index (χ1n) is 8.87. The van der Waals surface area contributed by atoms with Crippen molar-refractivity contribution in [2.24, 2.45) is 8.80 Å². The van der Waals surface area contributed by atoms with Crippen LogP contribution in [0.1, 0.15) is 41.1 Å². The molecular weight excluding hydrogens is 378 g/mol. The number of hydrogen-bond donors (Lipinski definition) is 2. The number of furan rings is 1. The van der Waals surface area contributed by atoms with E-state index >= 15 is 0 Å². The third-order valence-electron chi connectivity index (χ3n) is 4.15. The van der Waals surface area contributed by atoms with Crippen molar-refractivity contribution in [2.45, 2.75) is 26.3 Å². The van der Waals surface area contributed by atoms with E-state index in [2.05, 4.69) is 19.4 Å². The van der Waals surface area contributed by atoms with Crippen molar-refractivity contribution < 1.29 is 13.4 Å². The monoisotopic (exact) mass is 401 g/mol. The standard InChI is InChI=1S/C19H23N5O3S/c1-5-15(16-9-12(2)11-27-16)21-18-17(22-28(26)23-18)20-14-8-6-7-13(10-14)19(25)24(3)4/h6-11,15H,5H2,1-4H3,(H,20,22)(H,21,23)/t15-,28?/m1/s1. The Kier molecular flexibility index (Phi) is 5.93. The minimum absolute atomic E-state index is 0.105. The molecule has 1 aliphatic rings. The van der Waals surface area contributed by atoms with Crippen LogP contribution in [-0.2, 0) is 11.2 Å². The first-order chi connectivity index (χ1) is 13.4. The van der Waals surface area contributed by atoms with E-state index in [-0.39, 0.29) is 11.9 Å². The van der Waals surface area contributed by atoms with Gasteiger partial charge in [0.15, 0.2) is 11.7 Å². The van der Waals surface area contributed by atoms with Crippen LogP contribution in [0.3, 0.4) is 0 Å². The molecule has 28 heavy (non-hydrogen) atoms. The predicted molar refractivity (Wildman–Crippen MR) is 111 cm³/mol. The molecule has 0 bridgehead atoms. The summed E-state index contributed by atoms with van der Waals surface area (Å²) in [4.78, 5) is 13.7. The van der Waals surface area contributed by atoms with Crippen molar-refractivity contribution in [2.75, 3.05) is 19.4 Å². The van der Waals surface area contributed by atoms with Gasteiger partial charge in [-0.1, -0.05) is 13.0 Å². The first kappa shape index (κ1) is 19.8. The fraction of sp³-hybridized carbons (Fsp3) is 0.316. The van der Waals surface area contributed by atoms with Crippen LogP contribution in [0.25, 0.3) is 0 Å². The van der Waals surface area contributed by atoms with Crippen molar-refractivity contribution in [1.29, 1.82) is 0 Å². The zero-order chi connectivity index (χ0) is 20.3. The van der Waals surface area contributed by atoms with E-state index in [9.17, 15) is 9.00 Å². The van der Waals surface area contributed by atoms with Crippen molar-refractivity contribution in [1.82, 2.24) is 10.2 Å². The minimum Gasteiger partial charge on any atom is -0.467 e. The van der Waals surface area contributed by atoms with E-state index in [1.807, 2.05) is 19.9 Å². The van der Waals surface area contributed by atoms with Gasteiger partial charge in [0.2, 0.25) is 0 Å². The zero-order valence-corrected chi connectivity index (χ0v) is 17.0. The molecule has 0 saturated heterocycles. The van der Waals surface area contributed by atoms with Gasteiger partial charge in [-0.05, 0) is 43.2 Å². The summed E-state index contributed by atoms with van der Waals surface area (Å²) >= 11 is -1.70. The highest BCUT2D eigenvalue weighted by Gasteiger charge is 2.24. The second-order valence-corrected chi connectivity index (χ2v) is 7.47. The maximum Gasteiger partial charge on any atom is 0.269 e. The Morgan fingerprint density at radius 2 is 2.00 bits per heavy atom. The van der Waals surface area contributed by atoms with E-state index in [4.69, 9.17) is 4.42 Å². The molecule has 1 aromatic carbocycles. The lowest BCUT2D eigenvalue weighted by Crippen LogP contribution is -2.36. The summed E-state index contributed by atoms with van der Waals surface area (Å²) in [6.45, 7) is 3.97. The molecule has 8 nitrogen and oxygen atoms in total. The average Bonchev–Trinajstić information content (AvgIpc) is 3.24. The summed E-state index contributed by atoms with van der Waals surface area (Å²) in [6, 6.07) is 8.86. The maximum atomic E-state index is 12.2. The maximum absolute atomic E-state index is 12.2. The van der Waals surface area contributed by atoms with Crippen LogP contribution in [0.4, 0.5) is 5.69 Å². The number of amides is 1. The van der Waals surface area contributed by atoms with Gasteiger partial charge < -0.3 is 20.0 Å². The number of carbonyl (C=O) groups is 1. The van der Waals surface area contributed by atoms with E-state index in [0.717, 1.165) is 17.7 Å². The number of hydrogen-bond acceptors (Lipinski definition) is 5. The Labute approximate surface area is 166 Å². The summed E-state index contributed by atoms with van der Waals surface area (Å²) in [5.41, 5.74) is 2.22. The summed E-state index contributed by atoms with van der Waals surface area (Å²) in [6.07, 6.45) is 2.44. The Hall–Kier alpha value is -2.94. The van der Waals surface area contributed by atoms with Crippen molar-refractivity contribution >= 4 is 34.4 Å². The van der Waals surface area contributed by atoms with Gasteiger partial charge in [-0.3, -0.25) is 4.79 Å². The lowest BCUT2D eigenvalue weighted by Gasteiger charge is -2.17. The fourth-order valence-corrected chi connectivity index (χ4v) is 3.36. The Bertz CT molecular complexity index is 964. The van der Waals surface area contributed by atoms with E-state index in [1.165, 1.54) is 4.90 Å². The molecule has 0 radical (unpaired) electrons. The van der Waals surface area contributed by atoms with Gasteiger partial charge in [-0.2, -0.15) is 0 Å². The molecule has 2 N–H and O–H groups in total. The molecule has 3 rings (SSSR count). The number of aryl methyl sites for hydroxylation is 1. The number of amidine groups is 2. The van der Waals surface area contributed by atoms with Crippen LogP contribution >= 0.6 is 0 Å². The second kappa shape index (κ2) is 8.39. The molecule has 0 spiro atoms. The van der Waals surface area contributed by atoms with Crippen LogP contribution in [0.5, 0.6) is 0 Å². The van der Waals surface area contributed by atoms with Gasteiger partial charge in [-0.15, -0.1) is 8.80 Å². The molecule has 1 aromatic heterocycles. The summed E-state index contributed by atoms with van der Waals surface area (Å²) in [7, 11) is 3.39. The van der Waals surface area contributed by atoms with Crippen LogP contribution < -0.4 is 10.6 Å². The summed E-state index contributed by atoms with van der Waals surface area (Å²) in [5.74, 6) is 1.42. The minimum atomic E-state index is -1.70. The van der Waals surface area contributed by atoms with Crippen LogP contribution in [0.2, 0.25) is 0 Å². The quantitative estimate of drug-likeness (QED) is 0.803. The van der Waals surface area contributed by atoms with Gasteiger partial charge in [-0.25, -0.2) is 4.21 Å². The molecule has 2 heterocycles. The van der Waals surface area contributed by atoms with Gasteiger partial charge in [0.05, 0.1) is 12.3 Å². The van der Waals surface area contributed by atoms with Crippen LogP contribution in [0, 0.1) is 6.92 Å². The Morgan fingerprint density at radius 1 is 1.25 bits per heavy atom. The summed E-state index contributed by atoms with van der Waals surface area (Å²) in [5, 5.41) is 6.35. The normalized spacial score (nSPS) is 16.9. The van der Waals surface area contributed by atoms with Crippen molar-refractivity contribution in [3.63, 3.8) is 0 Å². The Balaban J connectivity index is 1.78. The molecule has 1 aliphatic heterocycles. The van der Waals surface area contributed by atoms with Crippen LogP contribution in [-0.4, -0.2) is 40.8 Å². The number of nitrogens with zero attached hydrogens (tertiary/aromatic N) is 3. The average molecular weight is 401 g/mol. The third-order valence-corrected chi connectivity index (χ3v) is 4.83. The number of rotatable bonds is 5.